The van der Waals surface area contributed by atoms with Crippen LogP contribution < -0.4 is 19.8 Å². The van der Waals surface area contributed by atoms with Gasteiger partial charge >= 0.3 is 5.97 Å². The van der Waals surface area contributed by atoms with Crippen LogP contribution >= 0.6 is 22.9 Å². The number of carbonyl (C=O) groups excluding carboxylic acids is 2. The second-order valence-corrected chi connectivity index (χ2v) is 10.1. The van der Waals surface area contributed by atoms with Crippen LogP contribution in [-0.2, 0) is 4.74 Å². The predicted molar refractivity (Wildman–Crippen MR) is 152 cm³/mol. The molecule has 1 amide bonds. The number of methoxy groups -OCH3 is 1. The molecular formula is C29H23ClN2O7S. The zero-order chi connectivity index (χ0) is 28.6. The molecule has 0 saturated carbocycles. The number of aryl methyl sites for hydroxylation is 1. The third-order valence-corrected chi connectivity index (χ3v) is 7.57. The predicted octanol–water partition coefficient (Wildman–Crippen LogP) is 5.88. The topological polar surface area (TPSA) is 108 Å². The molecule has 0 radical (unpaired) electrons. The van der Waals surface area contributed by atoms with Gasteiger partial charge in [-0.15, -0.1) is 0 Å². The van der Waals surface area contributed by atoms with E-state index in [0.717, 1.165) is 11.3 Å². The summed E-state index contributed by atoms with van der Waals surface area (Å²) in [6, 6.07) is 8.76. The van der Waals surface area contributed by atoms with Crippen molar-refractivity contribution >= 4 is 50.9 Å². The number of hydrogen-bond acceptors (Lipinski definition) is 9. The lowest BCUT2D eigenvalue weighted by Gasteiger charge is -2.23. The minimum atomic E-state index is -0.952. The van der Waals surface area contributed by atoms with Gasteiger partial charge in [-0.3, -0.25) is 14.5 Å². The van der Waals surface area contributed by atoms with Crippen LogP contribution in [0.2, 0.25) is 5.02 Å². The molecule has 0 N–H and O–H groups in total. The van der Waals surface area contributed by atoms with Gasteiger partial charge in [-0.2, -0.15) is 0 Å². The number of esters is 1. The number of thiazole rings is 1. The largest absolute Gasteiger partial charge is 0.493 e. The lowest BCUT2D eigenvalue weighted by Crippen LogP contribution is -2.29. The summed E-state index contributed by atoms with van der Waals surface area (Å²) in [6.45, 7) is 9.13. The highest BCUT2D eigenvalue weighted by molar-refractivity contribution is 7.17. The summed E-state index contributed by atoms with van der Waals surface area (Å²) in [5.74, 6) is -0.463. The second kappa shape index (κ2) is 11.0. The van der Waals surface area contributed by atoms with E-state index in [0.29, 0.717) is 27.8 Å². The Labute approximate surface area is 237 Å². The Morgan fingerprint density at radius 1 is 1.15 bits per heavy atom. The average Bonchev–Trinajstić information content (AvgIpc) is 3.48. The fraction of sp³-hybridized carbons (Fsp3) is 0.172. The highest BCUT2D eigenvalue weighted by Gasteiger charge is 2.45. The van der Waals surface area contributed by atoms with Crippen LogP contribution in [-0.4, -0.2) is 37.2 Å². The van der Waals surface area contributed by atoms with Crippen LogP contribution in [0.25, 0.3) is 11.0 Å². The molecule has 40 heavy (non-hydrogen) atoms. The molecule has 3 heterocycles. The molecule has 5 rings (SSSR count). The summed E-state index contributed by atoms with van der Waals surface area (Å²) in [7, 11) is 1.49. The van der Waals surface area contributed by atoms with Gasteiger partial charge in [-0.05, 0) is 42.8 Å². The Kier molecular flexibility index (Phi) is 7.46. The molecule has 1 atom stereocenters. The van der Waals surface area contributed by atoms with E-state index in [-0.39, 0.29) is 45.5 Å². The Balaban J connectivity index is 1.72. The van der Waals surface area contributed by atoms with Crippen LogP contribution in [0.5, 0.6) is 11.5 Å². The number of halogens is 1. The lowest BCUT2D eigenvalue weighted by molar-refractivity contribution is 0.0554. The maximum Gasteiger partial charge on any atom is 0.350 e. The van der Waals surface area contributed by atoms with E-state index in [1.54, 1.807) is 43.3 Å². The molecule has 0 aliphatic carbocycles. The summed E-state index contributed by atoms with van der Waals surface area (Å²) in [5, 5.41) is 0.769. The SMILES string of the molecule is C=CCOC(=O)c1sc(N2C(=O)c3oc4ccc(Cl)cc4c(=O)c3C2c2ccc(OCC=C)c(OC)c2)nc1C. The van der Waals surface area contributed by atoms with Crippen molar-refractivity contribution in [1.82, 2.24) is 4.98 Å². The van der Waals surface area contributed by atoms with Gasteiger partial charge in [0.1, 0.15) is 23.7 Å². The summed E-state index contributed by atoms with van der Waals surface area (Å²) in [6.07, 6.45) is 3.06. The average molecular weight is 579 g/mol. The molecular weight excluding hydrogens is 556 g/mol. The number of hydrogen-bond donors (Lipinski definition) is 0. The van der Waals surface area contributed by atoms with Crippen molar-refractivity contribution < 1.29 is 28.2 Å². The van der Waals surface area contributed by atoms with Gasteiger partial charge in [0, 0.05) is 5.02 Å². The van der Waals surface area contributed by atoms with Crippen molar-refractivity contribution in [2.75, 3.05) is 25.2 Å². The van der Waals surface area contributed by atoms with Crippen LogP contribution in [0.15, 0.2) is 70.9 Å². The number of nitrogens with zero attached hydrogens (tertiary/aromatic N) is 2. The van der Waals surface area contributed by atoms with E-state index in [2.05, 4.69) is 18.1 Å². The quantitative estimate of drug-likeness (QED) is 0.179. The second-order valence-electron chi connectivity index (χ2n) is 8.70. The smallest absolute Gasteiger partial charge is 0.350 e. The van der Waals surface area contributed by atoms with Gasteiger partial charge in [-0.25, -0.2) is 9.78 Å². The number of amides is 1. The molecule has 9 nitrogen and oxygen atoms in total. The maximum atomic E-state index is 13.9. The molecule has 11 heteroatoms. The minimum absolute atomic E-state index is 0.0237. The van der Waals surface area contributed by atoms with E-state index in [9.17, 15) is 14.4 Å². The van der Waals surface area contributed by atoms with Gasteiger partial charge in [0.05, 0.1) is 29.8 Å². The number of rotatable bonds is 9. The lowest BCUT2D eigenvalue weighted by atomic mass is 9.98. The third kappa shape index (κ3) is 4.65. The Morgan fingerprint density at radius 3 is 2.65 bits per heavy atom. The van der Waals surface area contributed by atoms with Crippen molar-refractivity contribution in [2.24, 2.45) is 0 Å². The molecule has 4 aromatic rings. The highest BCUT2D eigenvalue weighted by atomic mass is 35.5. The molecule has 1 unspecified atom stereocenters. The molecule has 0 bridgehead atoms. The number of ether oxygens (including phenoxy) is 3. The van der Waals surface area contributed by atoms with Crippen molar-refractivity contribution in [1.29, 1.82) is 0 Å². The monoisotopic (exact) mass is 578 g/mol. The molecule has 1 aliphatic rings. The van der Waals surface area contributed by atoms with Crippen LogP contribution in [0, 0.1) is 6.92 Å². The van der Waals surface area contributed by atoms with E-state index in [1.165, 1.54) is 24.2 Å². The third-order valence-electron chi connectivity index (χ3n) is 6.20. The van der Waals surface area contributed by atoms with Crippen molar-refractivity contribution in [3.63, 3.8) is 0 Å². The summed E-state index contributed by atoms with van der Waals surface area (Å²) < 4.78 is 22.4. The van der Waals surface area contributed by atoms with Crippen LogP contribution in [0.4, 0.5) is 5.13 Å². The van der Waals surface area contributed by atoms with Crippen LogP contribution in [0.3, 0.4) is 0 Å². The van der Waals surface area contributed by atoms with E-state index >= 15 is 0 Å². The number of benzene rings is 2. The van der Waals surface area contributed by atoms with Gasteiger partial charge in [0.15, 0.2) is 22.1 Å². The summed E-state index contributed by atoms with van der Waals surface area (Å²) in [4.78, 5) is 46.5. The molecule has 0 spiro atoms. The molecule has 2 aromatic carbocycles. The van der Waals surface area contributed by atoms with Crippen LogP contribution in [0.1, 0.15) is 43.1 Å². The highest BCUT2D eigenvalue weighted by Crippen LogP contribution is 2.45. The normalized spacial score (nSPS) is 14.2. The number of fused-ring (bicyclic) bond motifs is 2. The van der Waals surface area contributed by atoms with Crippen molar-refractivity contribution in [3.8, 4) is 11.5 Å². The summed E-state index contributed by atoms with van der Waals surface area (Å²) >= 11 is 7.16. The number of anilines is 1. The molecule has 2 aromatic heterocycles. The fourth-order valence-corrected chi connectivity index (χ4v) is 5.61. The van der Waals surface area contributed by atoms with E-state index in [4.69, 9.17) is 30.2 Å². The Bertz CT molecular complexity index is 1740. The standard InChI is InChI=1S/C29H23ClN2O7S/c1-5-11-37-20-9-7-16(13-21(20)36-4)23-22-24(33)18-14-17(30)8-10-19(18)39-25(22)27(34)32(23)29-31-15(3)26(40-29)28(35)38-12-6-2/h5-10,13-14,23H,1-2,11-12H2,3-4H3. The number of carbonyl (C=O) groups is 2. The minimum Gasteiger partial charge on any atom is -0.493 e. The van der Waals surface area contributed by atoms with E-state index in [1.807, 2.05) is 0 Å². The fourth-order valence-electron chi connectivity index (χ4n) is 4.45. The van der Waals surface area contributed by atoms with Crippen molar-refractivity contribution in [3.05, 3.63) is 104 Å². The van der Waals surface area contributed by atoms with Gasteiger partial charge in [-0.1, -0.05) is 54.3 Å². The zero-order valence-corrected chi connectivity index (χ0v) is 23.1. The van der Waals surface area contributed by atoms with Crippen molar-refractivity contribution in [2.45, 2.75) is 13.0 Å². The van der Waals surface area contributed by atoms with Gasteiger partial charge in [0.2, 0.25) is 5.76 Å². The van der Waals surface area contributed by atoms with Gasteiger partial charge < -0.3 is 18.6 Å². The first kappa shape index (κ1) is 27.2. The first-order chi connectivity index (χ1) is 19.3. The summed E-state index contributed by atoms with van der Waals surface area (Å²) in [5.41, 5.74) is 0.831. The van der Waals surface area contributed by atoms with E-state index < -0.39 is 23.3 Å². The first-order valence-corrected chi connectivity index (χ1v) is 13.2. The van der Waals surface area contributed by atoms with Gasteiger partial charge in [0.25, 0.3) is 5.91 Å². The number of aromatic nitrogens is 1. The zero-order valence-electron chi connectivity index (χ0n) is 21.6. The molecule has 0 saturated heterocycles. The maximum absolute atomic E-state index is 13.9. The molecule has 1 aliphatic heterocycles. The first-order valence-electron chi connectivity index (χ1n) is 12.1. The Hall–Kier alpha value is -4.41. The Morgan fingerprint density at radius 2 is 1.93 bits per heavy atom. The molecule has 0 fully saturated rings. The molecule has 204 valence electrons.